The summed E-state index contributed by atoms with van der Waals surface area (Å²) in [5, 5.41) is 8.45. The summed E-state index contributed by atoms with van der Waals surface area (Å²) in [6.07, 6.45) is 3.05. The van der Waals surface area contributed by atoms with Crippen LogP contribution >= 0.6 is 0 Å². The van der Waals surface area contributed by atoms with E-state index in [0.29, 0.717) is 13.4 Å². The van der Waals surface area contributed by atoms with Crippen LogP contribution in [0.25, 0.3) is 0 Å². The third-order valence-electron chi connectivity index (χ3n) is 2.42. The van der Waals surface area contributed by atoms with Gasteiger partial charge in [0.05, 0.1) is 6.61 Å². The summed E-state index contributed by atoms with van der Waals surface area (Å²) in [6, 6.07) is 7.03. The van der Waals surface area contributed by atoms with Crippen molar-refractivity contribution in [3.63, 3.8) is 0 Å². The largest absolute Gasteiger partial charge is 0.569 e. The van der Waals surface area contributed by atoms with Crippen LogP contribution in [0.4, 0.5) is 0 Å². The van der Waals surface area contributed by atoms with E-state index >= 15 is 0 Å². The highest BCUT2D eigenvalue weighted by atomic mass is 16.7. The van der Waals surface area contributed by atoms with E-state index < -0.39 is 0 Å². The summed E-state index contributed by atoms with van der Waals surface area (Å²) in [5.41, 5.74) is 0. The summed E-state index contributed by atoms with van der Waals surface area (Å²) >= 11 is 0. The van der Waals surface area contributed by atoms with E-state index in [9.17, 15) is 0 Å². The van der Waals surface area contributed by atoms with Crippen LogP contribution in [-0.2, 0) is 4.74 Å². The minimum atomic E-state index is -0.134. The highest BCUT2D eigenvalue weighted by Crippen LogP contribution is 2.21. The molecule has 16 heavy (non-hydrogen) atoms. The van der Waals surface area contributed by atoms with Crippen molar-refractivity contribution in [2.24, 2.45) is 0 Å². The van der Waals surface area contributed by atoms with Gasteiger partial charge >= 0.3 is 7.69 Å². The van der Waals surface area contributed by atoms with Gasteiger partial charge in [-0.05, 0) is 37.1 Å². The number of benzene rings is 1. The molecule has 1 aromatic rings. The Morgan fingerprint density at radius 1 is 1.19 bits per heavy atom. The van der Waals surface area contributed by atoms with E-state index in [1.54, 1.807) is 24.3 Å². The average molecular weight is 221 g/mol. The lowest BCUT2D eigenvalue weighted by Gasteiger charge is -2.23. The Kier molecular flexibility index (Phi) is 4.07. The van der Waals surface area contributed by atoms with Gasteiger partial charge in [0.2, 0.25) is 0 Å². The molecular formula is C11H14BO4. The number of hydrogen-bond acceptors (Lipinski definition) is 4. The molecule has 1 saturated heterocycles. The Labute approximate surface area is 95.4 Å². The third kappa shape index (κ3) is 3.15. The van der Waals surface area contributed by atoms with Crippen molar-refractivity contribution in [2.45, 2.75) is 25.6 Å². The Morgan fingerprint density at radius 2 is 1.94 bits per heavy atom. The van der Waals surface area contributed by atoms with Crippen LogP contribution < -0.4 is 9.39 Å². The summed E-state index contributed by atoms with van der Waals surface area (Å²) in [4.78, 5) is 0. The van der Waals surface area contributed by atoms with Gasteiger partial charge in [-0.1, -0.05) is 0 Å². The third-order valence-corrected chi connectivity index (χ3v) is 2.42. The Balaban J connectivity index is 1.88. The van der Waals surface area contributed by atoms with E-state index in [0.717, 1.165) is 31.6 Å². The minimum Gasteiger partial charge on any atom is -0.537 e. The maximum atomic E-state index is 8.45. The molecule has 5 heteroatoms. The first kappa shape index (κ1) is 11.3. The van der Waals surface area contributed by atoms with Crippen LogP contribution in [0.1, 0.15) is 19.3 Å². The molecule has 0 aliphatic carbocycles. The molecule has 1 radical (unpaired) electrons. The van der Waals surface area contributed by atoms with Crippen molar-refractivity contribution >= 4 is 7.69 Å². The van der Waals surface area contributed by atoms with Gasteiger partial charge < -0.3 is 19.2 Å². The van der Waals surface area contributed by atoms with Crippen molar-refractivity contribution in [3.05, 3.63) is 24.3 Å². The zero-order valence-corrected chi connectivity index (χ0v) is 8.96. The van der Waals surface area contributed by atoms with E-state index in [1.807, 2.05) is 0 Å². The van der Waals surface area contributed by atoms with Gasteiger partial charge in [0.1, 0.15) is 11.5 Å². The van der Waals surface area contributed by atoms with Crippen molar-refractivity contribution in [3.8, 4) is 11.5 Å². The number of rotatable bonds is 4. The Morgan fingerprint density at radius 3 is 2.56 bits per heavy atom. The van der Waals surface area contributed by atoms with Crippen molar-refractivity contribution in [1.29, 1.82) is 0 Å². The lowest BCUT2D eigenvalue weighted by atomic mass is 10.2. The summed E-state index contributed by atoms with van der Waals surface area (Å²) in [6.45, 7) is 0.769. The first-order chi connectivity index (χ1) is 7.88. The van der Waals surface area contributed by atoms with Crippen molar-refractivity contribution in [2.75, 3.05) is 6.61 Å². The molecule has 1 unspecified atom stereocenters. The molecule has 1 aromatic carbocycles. The van der Waals surface area contributed by atoms with Crippen LogP contribution in [0.15, 0.2) is 24.3 Å². The molecule has 0 bridgehead atoms. The molecular weight excluding hydrogens is 207 g/mol. The lowest BCUT2D eigenvalue weighted by Crippen LogP contribution is -2.24. The second-order valence-electron chi connectivity index (χ2n) is 3.61. The molecule has 85 valence electrons. The average Bonchev–Trinajstić information content (AvgIpc) is 2.33. The molecule has 0 aromatic heterocycles. The molecule has 2 rings (SSSR count). The summed E-state index contributed by atoms with van der Waals surface area (Å²) in [7, 11) is 0.653. The van der Waals surface area contributed by atoms with E-state index in [1.165, 1.54) is 0 Å². The second-order valence-corrected chi connectivity index (χ2v) is 3.61. The molecule has 4 nitrogen and oxygen atoms in total. The van der Waals surface area contributed by atoms with Gasteiger partial charge in [-0.3, -0.25) is 0 Å². The zero-order chi connectivity index (χ0) is 11.2. The molecule has 0 saturated carbocycles. The predicted molar refractivity (Wildman–Crippen MR) is 59.3 cm³/mol. The van der Waals surface area contributed by atoms with Gasteiger partial charge in [-0.25, -0.2) is 0 Å². The highest BCUT2D eigenvalue weighted by molar-refractivity contribution is 6.17. The molecule has 1 fully saturated rings. The molecule has 1 heterocycles. The number of hydrogen-bond donors (Lipinski definition) is 1. The first-order valence-electron chi connectivity index (χ1n) is 5.39. The number of ether oxygens (including phenoxy) is 2. The zero-order valence-electron chi connectivity index (χ0n) is 8.96. The molecule has 1 aliphatic rings. The molecule has 0 spiro atoms. The van der Waals surface area contributed by atoms with Gasteiger partial charge in [-0.15, -0.1) is 0 Å². The minimum absolute atomic E-state index is 0.134. The molecule has 0 amide bonds. The summed E-state index contributed by atoms with van der Waals surface area (Å²) in [5.74, 6) is 1.32. The van der Waals surface area contributed by atoms with E-state index in [-0.39, 0.29) is 6.29 Å². The Hall–Kier alpha value is -1.20. The smallest absolute Gasteiger partial charge is 0.537 e. The SMILES string of the molecule is O[B]Oc1ccc(OC2CCCCO2)cc1. The van der Waals surface area contributed by atoms with Gasteiger partial charge in [0.25, 0.3) is 0 Å². The lowest BCUT2D eigenvalue weighted by molar-refractivity contribution is -0.105. The van der Waals surface area contributed by atoms with Crippen molar-refractivity contribution < 1.29 is 19.2 Å². The van der Waals surface area contributed by atoms with Gasteiger partial charge in [0.15, 0.2) is 6.29 Å². The van der Waals surface area contributed by atoms with Gasteiger partial charge in [-0.2, -0.15) is 0 Å². The van der Waals surface area contributed by atoms with Crippen LogP contribution in [0, 0.1) is 0 Å². The monoisotopic (exact) mass is 221 g/mol. The van der Waals surface area contributed by atoms with Crippen molar-refractivity contribution in [1.82, 2.24) is 0 Å². The quantitative estimate of drug-likeness (QED) is 0.782. The van der Waals surface area contributed by atoms with Crippen LogP contribution in [0.2, 0.25) is 0 Å². The maximum absolute atomic E-state index is 8.45. The van der Waals surface area contributed by atoms with Crippen LogP contribution in [0.5, 0.6) is 11.5 Å². The molecule has 1 N–H and O–H groups in total. The fourth-order valence-corrected chi connectivity index (χ4v) is 1.61. The normalized spacial score (nSPS) is 20.2. The fourth-order valence-electron chi connectivity index (χ4n) is 1.61. The highest BCUT2D eigenvalue weighted by Gasteiger charge is 2.14. The van der Waals surface area contributed by atoms with Gasteiger partial charge in [0, 0.05) is 6.42 Å². The molecule has 1 aliphatic heterocycles. The maximum Gasteiger partial charge on any atom is 0.569 e. The first-order valence-corrected chi connectivity index (χ1v) is 5.39. The van der Waals surface area contributed by atoms with Crippen LogP contribution in [-0.4, -0.2) is 25.6 Å². The van der Waals surface area contributed by atoms with Crippen LogP contribution in [0.3, 0.4) is 0 Å². The topological polar surface area (TPSA) is 47.9 Å². The molecule has 1 atom stereocenters. The standard InChI is InChI=1S/C11H14BO4/c13-12-16-10-6-4-9(5-7-10)15-11-3-1-2-8-14-11/h4-7,11,13H,1-3,8H2. The van der Waals surface area contributed by atoms with E-state index in [2.05, 4.69) is 0 Å². The second kappa shape index (κ2) is 5.77. The predicted octanol–water partition coefficient (Wildman–Crippen LogP) is 1.50. The Bertz CT molecular complexity index is 308. The van der Waals surface area contributed by atoms with E-state index in [4.69, 9.17) is 19.2 Å². The fraction of sp³-hybridized carbons (Fsp3) is 0.455. The summed E-state index contributed by atoms with van der Waals surface area (Å²) < 4.78 is 15.9.